The third kappa shape index (κ3) is 3.29. The molecule has 6 heteroatoms. The van der Waals surface area contributed by atoms with E-state index in [1.54, 1.807) is 36.4 Å². The van der Waals surface area contributed by atoms with Gasteiger partial charge < -0.3 is 5.11 Å². The number of alkyl halides is 3. The Kier molecular flexibility index (Phi) is 4.47. The van der Waals surface area contributed by atoms with Gasteiger partial charge in [0, 0.05) is 27.7 Å². The minimum absolute atomic E-state index is 0.0199. The summed E-state index contributed by atoms with van der Waals surface area (Å²) < 4.78 is 40.5. The van der Waals surface area contributed by atoms with E-state index in [1.807, 2.05) is 6.07 Å². The summed E-state index contributed by atoms with van der Waals surface area (Å²) in [5, 5.41) is 10.8. The van der Waals surface area contributed by atoms with Gasteiger partial charge in [-0.25, -0.2) is 0 Å². The van der Waals surface area contributed by atoms with E-state index in [0.717, 1.165) is 11.6 Å². The Bertz CT molecular complexity index is 1190. The van der Waals surface area contributed by atoms with Gasteiger partial charge in [0.05, 0.1) is 11.1 Å². The fourth-order valence-electron chi connectivity index (χ4n) is 3.30. The molecule has 3 aromatic carbocycles. The Labute approximate surface area is 163 Å². The summed E-state index contributed by atoms with van der Waals surface area (Å²) in [7, 11) is 0. The van der Waals surface area contributed by atoms with Crippen LogP contribution >= 0.6 is 11.6 Å². The van der Waals surface area contributed by atoms with Gasteiger partial charge in [0.2, 0.25) is 0 Å². The number of hydrogen-bond donors (Lipinski definition) is 1. The minimum Gasteiger partial charge on any atom is -0.508 e. The van der Waals surface area contributed by atoms with E-state index in [9.17, 15) is 18.3 Å². The monoisotopic (exact) mass is 399 g/mol. The van der Waals surface area contributed by atoms with Crippen LogP contribution in [0.4, 0.5) is 13.2 Å². The first-order chi connectivity index (χ1) is 13.3. The molecule has 0 unspecified atom stereocenters. The standard InChI is InChI=1S/C22H13ClF3NO/c23-15-6-1-4-13(10-15)18-12-27-21-17(8-3-9-19(21)22(24,25)26)20(18)14-5-2-7-16(28)11-14/h1-12,28H. The number of phenols is 1. The van der Waals surface area contributed by atoms with Crippen molar-refractivity contribution in [3.05, 3.63) is 83.5 Å². The SMILES string of the molecule is Oc1cccc(-c2c(-c3cccc(Cl)c3)cnc3c(C(F)(F)F)cccc23)c1. The summed E-state index contributed by atoms with van der Waals surface area (Å²) in [6.07, 6.45) is -3.11. The van der Waals surface area contributed by atoms with Crippen LogP contribution in [0.3, 0.4) is 0 Å². The van der Waals surface area contributed by atoms with Crippen LogP contribution in [-0.2, 0) is 6.18 Å². The Morgan fingerprint density at radius 1 is 0.857 bits per heavy atom. The first kappa shape index (κ1) is 18.3. The van der Waals surface area contributed by atoms with E-state index in [0.29, 0.717) is 27.1 Å². The van der Waals surface area contributed by atoms with Crippen LogP contribution in [0.2, 0.25) is 5.02 Å². The molecule has 1 N–H and O–H groups in total. The van der Waals surface area contributed by atoms with Crippen molar-refractivity contribution in [2.75, 3.05) is 0 Å². The Balaban J connectivity index is 2.12. The third-order valence-electron chi connectivity index (χ3n) is 4.47. The fourth-order valence-corrected chi connectivity index (χ4v) is 3.49. The van der Waals surface area contributed by atoms with Crippen LogP contribution < -0.4 is 0 Å². The summed E-state index contributed by atoms with van der Waals surface area (Å²) in [4.78, 5) is 4.14. The molecule has 0 aliphatic carbocycles. The van der Waals surface area contributed by atoms with E-state index in [-0.39, 0.29) is 11.3 Å². The number of halogens is 4. The summed E-state index contributed by atoms with van der Waals surface area (Å²) in [5.41, 5.74) is 1.54. The van der Waals surface area contributed by atoms with Crippen molar-refractivity contribution < 1.29 is 18.3 Å². The normalized spacial score (nSPS) is 11.7. The highest BCUT2D eigenvalue weighted by Gasteiger charge is 2.33. The van der Waals surface area contributed by atoms with Crippen LogP contribution in [0.25, 0.3) is 33.2 Å². The van der Waals surface area contributed by atoms with Gasteiger partial charge in [-0.1, -0.05) is 48.0 Å². The highest BCUT2D eigenvalue weighted by Crippen LogP contribution is 2.42. The lowest BCUT2D eigenvalue weighted by atomic mass is 9.91. The lowest BCUT2D eigenvalue weighted by Crippen LogP contribution is -2.07. The van der Waals surface area contributed by atoms with Crippen LogP contribution in [0.5, 0.6) is 5.75 Å². The van der Waals surface area contributed by atoms with Crippen molar-refractivity contribution in [3.63, 3.8) is 0 Å². The zero-order valence-electron chi connectivity index (χ0n) is 14.3. The zero-order chi connectivity index (χ0) is 19.9. The first-order valence-electron chi connectivity index (χ1n) is 8.39. The average Bonchev–Trinajstić information content (AvgIpc) is 2.65. The van der Waals surface area contributed by atoms with E-state index >= 15 is 0 Å². The molecular weight excluding hydrogens is 387 g/mol. The van der Waals surface area contributed by atoms with Crippen LogP contribution in [0.15, 0.2) is 72.9 Å². The molecule has 140 valence electrons. The second kappa shape index (κ2) is 6.84. The molecule has 0 radical (unpaired) electrons. The lowest BCUT2D eigenvalue weighted by molar-refractivity contribution is -0.136. The van der Waals surface area contributed by atoms with Crippen molar-refractivity contribution in [3.8, 4) is 28.0 Å². The van der Waals surface area contributed by atoms with Crippen LogP contribution in [0, 0.1) is 0 Å². The molecule has 0 amide bonds. The minimum atomic E-state index is -4.53. The van der Waals surface area contributed by atoms with E-state index < -0.39 is 11.7 Å². The summed E-state index contributed by atoms with van der Waals surface area (Å²) in [5.74, 6) is 0.0199. The quantitative estimate of drug-likeness (QED) is 0.395. The Morgan fingerprint density at radius 3 is 2.29 bits per heavy atom. The highest BCUT2D eigenvalue weighted by molar-refractivity contribution is 6.30. The van der Waals surface area contributed by atoms with E-state index in [2.05, 4.69) is 4.98 Å². The molecule has 0 fully saturated rings. The number of hydrogen-bond acceptors (Lipinski definition) is 2. The molecule has 0 aliphatic rings. The summed E-state index contributed by atoms with van der Waals surface area (Å²) in [6, 6.07) is 17.4. The van der Waals surface area contributed by atoms with Crippen molar-refractivity contribution in [1.29, 1.82) is 0 Å². The fraction of sp³-hybridized carbons (Fsp3) is 0.0455. The maximum absolute atomic E-state index is 13.5. The number of aromatic nitrogens is 1. The molecule has 0 bridgehead atoms. The number of aromatic hydroxyl groups is 1. The van der Waals surface area contributed by atoms with Crippen molar-refractivity contribution in [2.45, 2.75) is 6.18 Å². The molecule has 1 aromatic heterocycles. The summed E-state index contributed by atoms with van der Waals surface area (Å²) >= 11 is 6.11. The van der Waals surface area contributed by atoms with E-state index in [4.69, 9.17) is 11.6 Å². The molecule has 0 aliphatic heterocycles. The van der Waals surface area contributed by atoms with Crippen molar-refractivity contribution in [1.82, 2.24) is 4.98 Å². The smallest absolute Gasteiger partial charge is 0.418 e. The molecule has 0 saturated carbocycles. The lowest BCUT2D eigenvalue weighted by Gasteiger charge is -2.16. The number of rotatable bonds is 2. The predicted molar refractivity (Wildman–Crippen MR) is 104 cm³/mol. The largest absolute Gasteiger partial charge is 0.508 e. The maximum atomic E-state index is 13.5. The van der Waals surface area contributed by atoms with Gasteiger partial charge in [-0.3, -0.25) is 4.98 Å². The molecular formula is C22H13ClF3NO. The van der Waals surface area contributed by atoms with Gasteiger partial charge in [0.1, 0.15) is 5.75 Å². The van der Waals surface area contributed by atoms with Gasteiger partial charge in [0.15, 0.2) is 0 Å². The number of benzene rings is 3. The van der Waals surface area contributed by atoms with Gasteiger partial charge in [-0.15, -0.1) is 0 Å². The van der Waals surface area contributed by atoms with Gasteiger partial charge in [0.25, 0.3) is 0 Å². The predicted octanol–water partition coefficient (Wildman–Crippen LogP) is 6.95. The zero-order valence-corrected chi connectivity index (χ0v) is 15.1. The van der Waals surface area contributed by atoms with E-state index in [1.165, 1.54) is 24.4 Å². The topological polar surface area (TPSA) is 33.1 Å². The van der Waals surface area contributed by atoms with Gasteiger partial charge in [-0.05, 0) is 41.5 Å². The molecule has 0 atom stereocenters. The van der Waals surface area contributed by atoms with Gasteiger partial charge in [-0.2, -0.15) is 13.2 Å². The number of fused-ring (bicyclic) bond motifs is 1. The number of nitrogens with zero attached hydrogens (tertiary/aromatic N) is 1. The number of phenolic OH excluding ortho intramolecular Hbond substituents is 1. The molecule has 0 spiro atoms. The Hall–Kier alpha value is -3.05. The average molecular weight is 400 g/mol. The molecule has 2 nitrogen and oxygen atoms in total. The van der Waals surface area contributed by atoms with Crippen molar-refractivity contribution >= 4 is 22.5 Å². The molecule has 4 aromatic rings. The molecule has 0 saturated heterocycles. The number of para-hydroxylation sites is 1. The second-order valence-corrected chi connectivity index (χ2v) is 6.74. The second-order valence-electron chi connectivity index (χ2n) is 6.31. The van der Waals surface area contributed by atoms with Crippen LogP contribution in [-0.4, -0.2) is 10.1 Å². The Morgan fingerprint density at radius 2 is 1.57 bits per heavy atom. The first-order valence-corrected chi connectivity index (χ1v) is 8.76. The molecule has 1 heterocycles. The van der Waals surface area contributed by atoms with Crippen LogP contribution in [0.1, 0.15) is 5.56 Å². The molecule has 28 heavy (non-hydrogen) atoms. The summed E-state index contributed by atoms with van der Waals surface area (Å²) in [6.45, 7) is 0. The van der Waals surface area contributed by atoms with Gasteiger partial charge >= 0.3 is 6.18 Å². The third-order valence-corrected chi connectivity index (χ3v) is 4.71. The number of pyridine rings is 1. The van der Waals surface area contributed by atoms with Crippen molar-refractivity contribution in [2.24, 2.45) is 0 Å². The molecule has 4 rings (SSSR count). The maximum Gasteiger partial charge on any atom is 0.418 e. The highest BCUT2D eigenvalue weighted by atomic mass is 35.5.